The van der Waals surface area contributed by atoms with Crippen molar-refractivity contribution in [2.45, 2.75) is 73.9 Å². The first kappa shape index (κ1) is 24.8. The predicted molar refractivity (Wildman–Crippen MR) is 137 cm³/mol. The lowest BCUT2D eigenvalue weighted by molar-refractivity contribution is -0.0802. The predicted octanol–water partition coefficient (Wildman–Crippen LogP) is 3.07. The van der Waals surface area contributed by atoms with Gasteiger partial charge in [-0.2, -0.15) is 0 Å². The number of halogens is 2. The molecule has 2 N–H and O–H groups in total. The van der Waals surface area contributed by atoms with Gasteiger partial charge < -0.3 is 15.0 Å². The van der Waals surface area contributed by atoms with E-state index in [1.54, 1.807) is 16.7 Å². The summed E-state index contributed by atoms with van der Waals surface area (Å²) in [5.74, 6) is 0.175. The summed E-state index contributed by atoms with van der Waals surface area (Å²) in [6.45, 7) is 6.44. The topological polar surface area (TPSA) is 114 Å². The van der Waals surface area contributed by atoms with Gasteiger partial charge in [-0.05, 0) is 45.6 Å². The van der Waals surface area contributed by atoms with Gasteiger partial charge in [-0.25, -0.2) is 26.9 Å². The summed E-state index contributed by atoms with van der Waals surface area (Å²) in [6, 6.07) is 1.85. The SMILES string of the molecule is C[C@H]1CN(c2cc(S(=O)(=O)NC3(C)CC3)cn3c(-c4nnc(C(F)F)s4)c(C4CC4)nc23)CC2(COC2)N1. The molecule has 2 saturated heterocycles. The van der Waals surface area contributed by atoms with Gasteiger partial charge in [-0.15, -0.1) is 10.2 Å². The minimum Gasteiger partial charge on any atom is -0.377 e. The summed E-state index contributed by atoms with van der Waals surface area (Å²) in [6.07, 6.45) is 2.25. The number of ether oxygens (including phenoxy) is 1. The number of hydrogen-bond acceptors (Lipinski definition) is 9. The molecule has 0 unspecified atom stereocenters. The molecule has 2 aliphatic heterocycles. The quantitative estimate of drug-likeness (QED) is 0.450. The number of sulfonamides is 1. The second-order valence-electron chi connectivity index (χ2n) is 11.5. The average molecular weight is 566 g/mol. The Morgan fingerprint density at radius 3 is 2.63 bits per heavy atom. The standard InChI is InChI=1S/C24H29F2N7O3S2/c1-13-8-32(10-24(28-13)11-36-12-24)16-7-15(38(34,35)31-23(2)5-6-23)9-33-18(17(14-3-4-14)27-20(16)33)21-29-30-22(37-21)19(25)26/h7,9,13-14,19,28,31H,3-6,8,10-12H2,1-2H3/t13-/m0/s1. The number of alkyl halides is 2. The van der Waals surface area contributed by atoms with E-state index in [0.717, 1.165) is 42.7 Å². The molecule has 14 heteroatoms. The highest BCUT2D eigenvalue weighted by atomic mass is 32.2. The zero-order chi connectivity index (χ0) is 26.4. The Bertz CT molecular complexity index is 1530. The van der Waals surface area contributed by atoms with Crippen molar-refractivity contribution in [3.63, 3.8) is 0 Å². The monoisotopic (exact) mass is 565 g/mol. The first-order valence-electron chi connectivity index (χ1n) is 12.9. The van der Waals surface area contributed by atoms with E-state index in [1.807, 2.05) is 6.92 Å². The number of pyridine rings is 1. The summed E-state index contributed by atoms with van der Waals surface area (Å²) in [7, 11) is -3.86. The third-order valence-electron chi connectivity index (χ3n) is 7.83. The van der Waals surface area contributed by atoms with E-state index in [2.05, 4.69) is 32.1 Å². The van der Waals surface area contributed by atoms with Gasteiger partial charge in [0, 0.05) is 36.8 Å². The number of nitrogens with one attached hydrogen (secondary N) is 2. The molecule has 0 aromatic carbocycles. The van der Waals surface area contributed by atoms with Crippen LogP contribution in [0.4, 0.5) is 14.5 Å². The molecule has 10 nitrogen and oxygen atoms in total. The molecular formula is C24H29F2N7O3S2. The third kappa shape index (κ3) is 4.21. The van der Waals surface area contributed by atoms with Crippen LogP contribution in [-0.2, 0) is 14.8 Å². The van der Waals surface area contributed by atoms with Crippen LogP contribution in [0.1, 0.15) is 62.6 Å². The number of piperazine rings is 1. The van der Waals surface area contributed by atoms with Gasteiger partial charge in [0.05, 0.1) is 30.1 Å². The lowest BCUT2D eigenvalue weighted by atomic mass is 9.92. The molecule has 4 aliphatic rings. The van der Waals surface area contributed by atoms with Crippen molar-refractivity contribution in [2.75, 3.05) is 31.2 Å². The molecule has 5 heterocycles. The average Bonchev–Trinajstić information content (AvgIpc) is 3.71. The fourth-order valence-electron chi connectivity index (χ4n) is 5.53. The Kier molecular flexibility index (Phi) is 5.45. The number of hydrogen-bond donors (Lipinski definition) is 2. The number of rotatable bonds is 7. The minimum atomic E-state index is -3.86. The van der Waals surface area contributed by atoms with E-state index in [1.165, 1.54) is 0 Å². The van der Waals surface area contributed by atoms with Crippen molar-refractivity contribution in [1.29, 1.82) is 0 Å². The first-order valence-corrected chi connectivity index (χ1v) is 15.2. The van der Waals surface area contributed by atoms with Crippen molar-refractivity contribution >= 4 is 32.7 Å². The van der Waals surface area contributed by atoms with Gasteiger partial charge in [-0.3, -0.25) is 4.40 Å². The van der Waals surface area contributed by atoms with Crippen LogP contribution in [0.5, 0.6) is 0 Å². The number of fused-ring (bicyclic) bond motifs is 1. The Hall–Kier alpha value is -2.26. The molecule has 1 spiro atoms. The highest BCUT2D eigenvalue weighted by Gasteiger charge is 2.46. The third-order valence-corrected chi connectivity index (χ3v) is 10.4. The van der Waals surface area contributed by atoms with Crippen LogP contribution in [0.2, 0.25) is 0 Å². The maximum absolute atomic E-state index is 13.6. The summed E-state index contributed by atoms with van der Waals surface area (Å²) >= 11 is 0.822. The highest BCUT2D eigenvalue weighted by Crippen LogP contribution is 2.47. The van der Waals surface area contributed by atoms with Crippen molar-refractivity contribution in [1.82, 2.24) is 29.6 Å². The van der Waals surface area contributed by atoms with Crippen molar-refractivity contribution < 1.29 is 21.9 Å². The van der Waals surface area contributed by atoms with Crippen molar-refractivity contribution in [2.24, 2.45) is 0 Å². The molecule has 0 radical (unpaired) electrons. The number of nitrogens with zero attached hydrogens (tertiary/aromatic N) is 5. The van der Waals surface area contributed by atoms with Gasteiger partial charge in [0.2, 0.25) is 10.0 Å². The molecule has 204 valence electrons. The number of imidazole rings is 1. The van der Waals surface area contributed by atoms with Crippen molar-refractivity contribution in [3.8, 4) is 10.7 Å². The summed E-state index contributed by atoms with van der Waals surface area (Å²) in [5.41, 5.74) is 1.94. The van der Waals surface area contributed by atoms with E-state index >= 15 is 0 Å². The maximum atomic E-state index is 13.6. The molecule has 3 aromatic rings. The molecule has 0 amide bonds. The van der Waals surface area contributed by atoms with Crippen LogP contribution >= 0.6 is 11.3 Å². The Labute approximate surface area is 222 Å². The van der Waals surface area contributed by atoms with Gasteiger partial charge in [-0.1, -0.05) is 11.3 Å². The normalized spacial score (nSPS) is 24.3. The van der Waals surface area contributed by atoms with Crippen molar-refractivity contribution in [3.05, 3.63) is 23.0 Å². The Morgan fingerprint density at radius 1 is 1.26 bits per heavy atom. The first-order chi connectivity index (χ1) is 18.0. The lowest BCUT2D eigenvalue weighted by Gasteiger charge is -2.51. The second kappa shape index (κ2) is 8.37. The highest BCUT2D eigenvalue weighted by molar-refractivity contribution is 7.89. The Balaban J connectivity index is 1.44. The van der Waals surface area contributed by atoms with Gasteiger partial charge in [0.1, 0.15) is 10.6 Å². The Morgan fingerprint density at radius 2 is 2.03 bits per heavy atom. The van der Waals surface area contributed by atoms with Crippen LogP contribution in [0, 0.1) is 0 Å². The molecular weight excluding hydrogens is 536 g/mol. The summed E-state index contributed by atoms with van der Waals surface area (Å²) in [5, 5.41) is 11.4. The van der Waals surface area contributed by atoms with Gasteiger partial charge in [0.25, 0.3) is 6.43 Å². The zero-order valence-electron chi connectivity index (χ0n) is 21.1. The summed E-state index contributed by atoms with van der Waals surface area (Å²) < 4.78 is 64.2. The molecule has 2 saturated carbocycles. The lowest BCUT2D eigenvalue weighted by Crippen LogP contribution is -2.72. The maximum Gasteiger partial charge on any atom is 0.291 e. The molecule has 0 bridgehead atoms. The second-order valence-corrected chi connectivity index (χ2v) is 14.2. The van der Waals surface area contributed by atoms with E-state index in [9.17, 15) is 17.2 Å². The fourth-order valence-corrected chi connectivity index (χ4v) is 7.76. The van der Waals surface area contributed by atoms with Crippen LogP contribution in [0.25, 0.3) is 16.3 Å². The van der Waals surface area contributed by atoms with E-state index in [4.69, 9.17) is 9.72 Å². The smallest absolute Gasteiger partial charge is 0.291 e. The largest absolute Gasteiger partial charge is 0.377 e. The van der Waals surface area contributed by atoms with Crippen LogP contribution < -0.4 is 14.9 Å². The molecule has 7 rings (SSSR count). The number of aromatic nitrogens is 4. The van der Waals surface area contributed by atoms with E-state index in [-0.39, 0.29) is 27.4 Å². The van der Waals surface area contributed by atoms with E-state index < -0.39 is 22.0 Å². The molecule has 1 atom stereocenters. The molecule has 3 aromatic heterocycles. The van der Waals surface area contributed by atoms with Crippen LogP contribution in [0.15, 0.2) is 17.2 Å². The summed E-state index contributed by atoms with van der Waals surface area (Å²) in [4.78, 5) is 7.30. The van der Waals surface area contributed by atoms with Crippen LogP contribution in [0.3, 0.4) is 0 Å². The minimum absolute atomic E-state index is 0.109. The van der Waals surface area contributed by atoms with E-state index in [0.29, 0.717) is 48.3 Å². The van der Waals surface area contributed by atoms with Gasteiger partial charge >= 0.3 is 0 Å². The molecule has 4 fully saturated rings. The van der Waals surface area contributed by atoms with Crippen LogP contribution in [-0.4, -0.2) is 71.4 Å². The number of anilines is 1. The van der Waals surface area contributed by atoms with Gasteiger partial charge in [0.15, 0.2) is 15.7 Å². The molecule has 38 heavy (non-hydrogen) atoms. The molecule has 2 aliphatic carbocycles. The zero-order valence-corrected chi connectivity index (χ0v) is 22.7. The fraction of sp³-hybridized carbons (Fsp3) is 0.625.